The minimum absolute atomic E-state index is 0.779. The van der Waals surface area contributed by atoms with Crippen LogP contribution in [-0.2, 0) is 0 Å². The smallest absolute Gasteiger partial charge is 0.0967 e. The number of hydrogen-bond donors (Lipinski definition) is 0. The maximum Gasteiger partial charge on any atom is 0.0967 e. The number of fused-ring (bicyclic) bond motifs is 1. The Morgan fingerprint density at radius 2 is 1.67 bits per heavy atom. The largest absolute Gasteiger partial charge is 0.130 e. The van der Waals surface area contributed by atoms with Gasteiger partial charge in [-0.05, 0) is 10.8 Å². The lowest BCUT2D eigenvalue weighted by Gasteiger charge is -2.21. The molecule has 0 radical (unpaired) electrons. The highest BCUT2D eigenvalue weighted by atomic mass is 35.5. The van der Waals surface area contributed by atoms with Crippen LogP contribution in [0.1, 0.15) is 0 Å². The normalized spacial score (nSPS) is 11.9. The summed E-state index contributed by atoms with van der Waals surface area (Å²) in [6.07, 6.45) is 0. The first kappa shape index (κ1) is 10.7. The van der Waals surface area contributed by atoms with Crippen molar-refractivity contribution >= 4 is 35.6 Å². The second kappa shape index (κ2) is 3.99. The van der Waals surface area contributed by atoms with Crippen molar-refractivity contribution in [3.63, 3.8) is 0 Å². The fourth-order valence-corrected chi connectivity index (χ4v) is 3.97. The van der Waals surface area contributed by atoms with E-state index in [4.69, 9.17) is 11.6 Å². The van der Waals surface area contributed by atoms with Crippen molar-refractivity contribution in [2.75, 3.05) is 5.50 Å². The second-order valence-corrected chi connectivity index (χ2v) is 9.92. The highest BCUT2D eigenvalue weighted by Gasteiger charge is 2.23. The summed E-state index contributed by atoms with van der Waals surface area (Å²) in [5.74, 6) is 0. The van der Waals surface area contributed by atoms with Gasteiger partial charge in [0.1, 0.15) is 0 Å². The Morgan fingerprint density at radius 1 is 1.00 bits per heavy atom. The van der Waals surface area contributed by atoms with E-state index < -0.39 is 8.07 Å². The van der Waals surface area contributed by atoms with E-state index in [1.165, 1.54) is 16.0 Å². The summed E-state index contributed by atoms with van der Waals surface area (Å²) in [6.45, 7) is 4.64. The van der Waals surface area contributed by atoms with Crippen molar-refractivity contribution < 1.29 is 0 Å². The molecule has 0 unspecified atom stereocenters. The molecule has 0 amide bonds. The van der Waals surface area contributed by atoms with Crippen LogP contribution in [0.4, 0.5) is 0 Å². The maximum atomic E-state index is 6.09. The fraction of sp³-hybridized carbons (Fsp3) is 0.231. The number of rotatable bonds is 2. The van der Waals surface area contributed by atoms with Gasteiger partial charge in [0.15, 0.2) is 0 Å². The summed E-state index contributed by atoms with van der Waals surface area (Å²) in [7, 11) is -1.45. The van der Waals surface area contributed by atoms with Gasteiger partial charge in [0.25, 0.3) is 0 Å². The summed E-state index contributed by atoms with van der Waals surface area (Å²) in [4.78, 5) is 0. The fourth-order valence-electron chi connectivity index (χ4n) is 1.89. The van der Waals surface area contributed by atoms with Crippen molar-refractivity contribution in [3.05, 3.63) is 42.5 Å². The number of halogens is 1. The Kier molecular flexibility index (Phi) is 2.85. The molecule has 0 atom stereocenters. The van der Waals surface area contributed by atoms with Crippen LogP contribution in [0.3, 0.4) is 0 Å². The first-order valence-corrected chi connectivity index (χ1v) is 8.93. The molecule has 15 heavy (non-hydrogen) atoms. The molecule has 2 heteroatoms. The van der Waals surface area contributed by atoms with Gasteiger partial charge in [-0.3, -0.25) is 0 Å². The van der Waals surface area contributed by atoms with E-state index in [9.17, 15) is 0 Å². The predicted octanol–water partition coefficient (Wildman–Crippen LogP) is 3.53. The van der Waals surface area contributed by atoms with E-state index >= 15 is 0 Å². The number of alkyl halides is 1. The molecule has 0 aliphatic carbocycles. The molecule has 0 nitrogen and oxygen atoms in total. The summed E-state index contributed by atoms with van der Waals surface area (Å²) in [5.41, 5.74) is 0.779. The maximum absolute atomic E-state index is 6.09. The van der Waals surface area contributed by atoms with Gasteiger partial charge < -0.3 is 0 Å². The van der Waals surface area contributed by atoms with Crippen molar-refractivity contribution in [1.82, 2.24) is 0 Å². The lowest BCUT2D eigenvalue weighted by Crippen LogP contribution is -2.44. The molecule has 0 fully saturated rings. The molecule has 0 N–H and O–H groups in total. The van der Waals surface area contributed by atoms with Crippen molar-refractivity contribution in [3.8, 4) is 0 Å². The van der Waals surface area contributed by atoms with Crippen LogP contribution >= 0.6 is 11.6 Å². The topological polar surface area (TPSA) is 0 Å². The van der Waals surface area contributed by atoms with E-state index in [2.05, 4.69) is 55.6 Å². The minimum atomic E-state index is -1.45. The molecular formula is C13H15ClSi. The Balaban J connectivity index is 2.71. The Labute approximate surface area is 96.9 Å². The first-order chi connectivity index (χ1) is 7.15. The molecule has 0 aliphatic rings. The van der Waals surface area contributed by atoms with E-state index in [1.54, 1.807) is 0 Å². The second-order valence-electron chi connectivity index (χ2n) is 4.54. The summed E-state index contributed by atoms with van der Waals surface area (Å²) in [6, 6.07) is 15.1. The molecule has 0 aliphatic heterocycles. The zero-order chi connectivity index (χ0) is 10.9. The summed E-state index contributed by atoms with van der Waals surface area (Å²) >= 11 is 6.09. The summed E-state index contributed by atoms with van der Waals surface area (Å²) in [5, 5.41) is 4.16. The third kappa shape index (κ3) is 1.94. The highest BCUT2D eigenvalue weighted by Crippen LogP contribution is 2.16. The predicted molar refractivity (Wildman–Crippen MR) is 71.8 cm³/mol. The van der Waals surface area contributed by atoms with Crippen LogP contribution < -0.4 is 5.19 Å². The standard InChI is InChI=1S/C13H15ClSi/c1-15(2,10-14)13-9-5-7-11-6-3-4-8-12(11)13/h3-9H,10H2,1-2H3. The lowest BCUT2D eigenvalue weighted by atomic mass is 10.1. The Hall–Kier alpha value is -0.793. The molecular weight excluding hydrogens is 220 g/mol. The van der Waals surface area contributed by atoms with Crippen LogP contribution in [0.2, 0.25) is 13.1 Å². The molecule has 2 rings (SSSR count). The molecule has 2 aromatic rings. The van der Waals surface area contributed by atoms with Gasteiger partial charge in [-0.1, -0.05) is 60.7 Å². The third-order valence-electron chi connectivity index (χ3n) is 2.85. The minimum Gasteiger partial charge on any atom is -0.130 e. The summed E-state index contributed by atoms with van der Waals surface area (Å²) < 4.78 is 0. The average Bonchev–Trinajstić information content (AvgIpc) is 2.28. The van der Waals surface area contributed by atoms with Gasteiger partial charge in [0, 0.05) is 5.50 Å². The van der Waals surface area contributed by atoms with Crippen LogP contribution in [-0.4, -0.2) is 13.6 Å². The van der Waals surface area contributed by atoms with Gasteiger partial charge in [-0.15, -0.1) is 11.6 Å². The van der Waals surface area contributed by atoms with Crippen molar-refractivity contribution in [2.24, 2.45) is 0 Å². The molecule has 0 aromatic heterocycles. The molecule has 78 valence electrons. The van der Waals surface area contributed by atoms with E-state index in [0.29, 0.717) is 0 Å². The highest BCUT2D eigenvalue weighted by molar-refractivity contribution is 6.95. The van der Waals surface area contributed by atoms with Gasteiger partial charge in [-0.2, -0.15) is 0 Å². The van der Waals surface area contributed by atoms with E-state index in [-0.39, 0.29) is 0 Å². The third-order valence-corrected chi connectivity index (χ3v) is 7.42. The van der Waals surface area contributed by atoms with Gasteiger partial charge in [0.2, 0.25) is 0 Å². The van der Waals surface area contributed by atoms with Crippen LogP contribution in [0.15, 0.2) is 42.5 Å². The Bertz CT molecular complexity index is 471. The molecule has 0 saturated heterocycles. The van der Waals surface area contributed by atoms with Crippen molar-refractivity contribution in [2.45, 2.75) is 13.1 Å². The van der Waals surface area contributed by atoms with Gasteiger partial charge in [0.05, 0.1) is 8.07 Å². The molecule has 0 spiro atoms. The number of hydrogen-bond acceptors (Lipinski definition) is 0. The SMILES string of the molecule is C[Si](C)(CCl)c1cccc2ccccc12. The zero-order valence-corrected chi connectivity index (χ0v) is 10.9. The van der Waals surface area contributed by atoms with Crippen molar-refractivity contribution in [1.29, 1.82) is 0 Å². The van der Waals surface area contributed by atoms with Gasteiger partial charge in [-0.25, -0.2) is 0 Å². The number of benzene rings is 2. The Morgan fingerprint density at radius 3 is 2.40 bits per heavy atom. The molecule has 0 bridgehead atoms. The van der Waals surface area contributed by atoms with Gasteiger partial charge >= 0.3 is 0 Å². The van der Waals surface area contributed by atoms with E-state index in [0.717, 1.165) is 5.50 Å². The quantitative estimate of drug-likeness (QED) is 0.551. The van der Waals surface area contributed by atoms with Crippen LogP contribution in [0, 0.1) is 0 Å². The van der Waals surface area contributed by atoms with Crippen LogP contribution in [0.5, 0.6) is 0 Å². The molecule has 0 heterocycles. The molecule has 2 aromatic carbocycles. The average molecular weight is 235 g/mol. The zero-order valence-electron chi connectivity index (χ0n) is 9.13. The monoisotopic (exact) mass is 234 g/mol. The molecule has 0 saturated carbocycles. The lowest BCUT2D eigenvalue weighted by molar-refractivity contribution is 1.69. The first-order valence-electron chi connectivity index (χ1n) is 5.19. The van der Waals surface area contributed by atoms with E-state index in [1.807, 2.05) is 0 Å². The van der Waals surface area contributed by atoms with Crippen LogP contribution in [0.25, 0.3) is 10.8 Å².